The molecule has 0 bridgehead atoms. The molecule has 0 saturated heterocycles. The van der Waals surface area contributed by atoms with Crippen LogP contribution in [-0.4, -0.2) is 0 Å². The molecule has 168 valence electrons. The molecule has 0 atom stereocenters. The Morgan fingerprint density at radius 1 is 0.933 bits per heavy atom. The van der Waals surface area contributed by atoms with Gasteiger partial charge >= 0.3 is 0 Å². The van der Waals surface area contributed by atoms with Crippen molar-refractivity contribution in [2.75, 3.05) is 0 Å². The van der Waals surface area contributed by atoms with E-state index >= 15 is 0 Å². The minimum atomic E-state index is -2.74. The molecule has 0 amide bonds. The van der Waals surface area contributed by atoms with Gasteiger partial charge in [-0.3, -0.25) is 0 Å². The summed E-state index contributed by atoms with van der Waals surface area (Å²) in [5, 5.41) is 0. The third-order valence-electron chi connectivity index (χ3n) is 7.67. The van der Waals surface area contributed by atoms with Gasteiger partial charge in [-0.2, -0.15) is 0 Å². The Morgan fingerprint density at radius 3 is 2.17 bits per heavy atom. The number of rotatable bonds is 8. The maximum absolute atomic E-state index is 14.7. The highest BCUT2D eigenvalue weighted by Crippen LogP contribution is 2.40. The van der Waals surface area contributed by atoms with Crippen molar-refractivity contribution in [3.05, 3.63) is 46.8 Å². The molecule has 0 nitrogen and oxygen atoms in total. The van der Waals surface area contributed by atoms with Gasteiger partial charge in [-0.05, 0) is 80.2 Å². The summed E-state index contributed by atoms with van der Waals surface area (Å²) in [6.45, 7) is 3.86. The van der Waals surface area contributed by atoms with Crippen LogP contribution in [0.2, 0.25) is 0 Å². The second kappa shape index (κ2) is 11.4. The first-order chi connectivity index (χ1) is 14.5. The molecule has 0 aromatic heterocycles. The topological polar surface area (TPSA) is 0 Å². The highest BCUT2D eigenvalue weighted by atomic mass is 19.3. The molecular weight excluding hydrogens is 381 g/mol. The van der Waals surface area contributed by atoms with Crippen LogP contribution in [0.25, 0.3) is 0 Å². The third-order valence-corrected chi connectivity index (χ3v) is 7.67. The quantitative estimate of drug-likeness (QED) is 0.368. The number of aryl methyl sites for hydroxylation is 1. The van der Waals surface area contributed by atoms with Gasteiger partial charge in [-0.1, -0.05) is 69.7 Å². The summed E-state index contributed by atoms with van der Waals surface area (Å²) in [7, 11) is 0. The van der Waals surface area contributed by atoms with Crippen LogP contribution in [0.3, 0.4) is 0 Å². The van der Waals surface area contributed by atoms with Crippen LogP contribution in [0.5, 0.6) is 0 Å². The SMILES string of the molecule is CCCC1CCC(CC/C=C/C2CCC(c3ccc(C)c(C(F)F)c3F)CC2)CC1. The molecule has 3 heteroatoms. The first-order valence-electron chi connectivity index (χ1n) is 12.2. The Kier molecular flexibility index (Phi) is 8.89. The minimum Gasteiger partial charge on any atom is -0.206 e. The van der Waals surface area contributed by atoms with Crippen LogP contribution >= 0.6 is 0 Å². The predicted octanol–water partition coefficient (Wildman–Crippen LogP) is 9.29. The fourth-order valence-electron chi connectivity index (χ4n) is 5.75. The van der Waals surface area contributed by atoms with Crippen LogP contribution in [-0.2, 0) is 0 Å². The number of allylic oxidation sites excluding steroid dienone is 2. The number of halogens is 3. The van der Waals surface area contributed by atoms with E-state index in [4.69, 9.17) is 0 Å². The molecule has 30 heavy (non-hydrogen) atoms. The van der Waals surface area contributed by atoms with E-state index in [0.29, 0.717) is 17.0 Å². The van der Waals surface area contributed by atoms with Crippen LogP contribution in [0.15, 0.2) is 24.3 Å². The zero-order chi connectivity index (χ0) is 21.5. The van der Waals surface area contributed by atoms with Crippen molar-refractivity contribution >= 4 is 0 Å². The molecule has 0 N–H and O–H groups in total. The van der Waals surface area contributed by atoms with Crippen LogP contribution in [0.4, 0.5) is 13.2 Å². The molecule has 0 unspecified atom stereocenters. The Bertz CT molecular complexity index is 678. The van der Waals surface area contributed by atoms with Crippen molar-refractivity contribution in [3.8, 4) is 0 Å². The molecule has 0 heterocycles. The van der Waals surface area contributed by atoms with E-state index in [2.05, 4.69) is 19.1 Å². The van der Waals surface area contributed by atoms with E-state index in [1.165, 1.54) is 51.4 Å². The van der Waals surface area contributed by atoms with Crippen LogP contribution in [0, 0.1) is 30.5 Å². The van der Waals surface area contributed by atoms with E-state index in [1.807, 2.05) is 0 Å². The fourth-order valence-corrected chi connectivity index (χ4v) is 5.75. The minimum absolute atomic E-state index is 0.0751. The molecule has 2 fully saturated rings. The first-order valence-corrected chi connectivity index (χ1v) is 12.2. The normalized spacial score (nSPS) is 27.8. The summed E-state index contributed by atoms with van der Waals surface area (Å²) >= 11 is 0. The van der Waals surface area contributed by atoms with Crippen LogP contribution in [0.1, 0.15) is 113 Å². The molecule has 2 aliphatic rings. The summed E-state index contributed by atoms with van der Waals surface area (Å²) in [6.07, 6.45) is 16.7. The van der Waals surface area contributed by atoms with Crippen molar-refractivity contribution in [2.24, 2.45) is 17.8 Å². The highest BCUT2D eigenvalue weighted by Gasteiger charge is 2.27. The largest absolute Gasteiger partial charge is 0.266 e. The summed E-state index contributed by atoms with van der Waals surface area (Å²) in [6, 6.07) is 3.38. The Hall–Kier alpha value is -1.25. The second-order valence-corrected chi connectivity index (χ2v) is 9.79. The zero-order valence-electron chi connectivity index (χ0n) is 18.8. The maximum atomic E-state index is 14.7. The fraction of sp³-hybridized carbons (Fsp3) is 0.704. The van der Waals surface area contributed by atoms with Gasteiger partial charge in [0, 0.05) is 0 Å². The predicted molar refractivity (Wildman–Crippen MR) is 120 cm³/mol. The third kappa shape index (κ3) is 6.14. The van der Waals surface area contributed by atoms with Crippen molar-refractivity contribution in [1.29, 1.82) is 0 Å². The van der Waals surface area contributed by atoms with E-state index in [9.17, 15) is 13.2 Å². The van der Waals surface area contributed by atoms with Crippen molar-refractivity contribution in [3.63, 3.8) is 0 Å². The molecule has 2 aliphatic carbocycles. The van der Waals surface area contributed by atoms with Crippen molar-refractivity contribution < 1.29 is 13.2 Å². The monoisotopic (exact) mass is 420 g/mol. The van der Waals surface area contributed by atoms with Gasteiger partial charge in [0.2, 0.25) is 0 Å². The molecule has 0 radical (unpaired) electrons. The van der Waals surface area contributed by atoms with Gasteiger partial charge < -0.3 is 0 Å². The number of hydrogen-bond donors (Lipinski definition) is 0. The highest BCUT2D eigenvalue weighted by molar-refractivity contribution is 5.36. The van der Waals surface area contributed by atoms with Gasteiger partial charge in [0.05, 0.1) is 5.56 Å². The Balaban J connectivity index is 1.41. The lowest BCUT2D eigenvalue weighted by molar-refractivity contribution is 0.145. The van der Waals surface area contributed by atoms with E-state index in [1.54, 1.807) is 19.1 Å². The smallest absolute Gasteiger partial charge is 0.206 e. The summed E-state index contributed by atoms with van der Waals surface area (Å²) < 4.78 is 41.1. The standard InChI is InChI=1S/C27H39F3/c1-3-6-20-10-12-21(13-11-20)7-4-5-8-22-14-16-23(17-15-22)24-18-9-19(2)25(26(24)28)27(29)30/h5,8-9,18,20-23,27H,3-4,6-7,10-17H2,1-2H3/b8-5+. The average Bonchev–Trinajstić information content (AvgIpc) is 2.73. The lowest BCUT2D eigenvalue weighted by Crippen LogP contribution is -2.14. The van der Waals surface area contributed by atoms with E-state index < -0.39 is 17.8 Å². The van der Waals surface area contributed by atoms with Crippen molar-refractivity contribution in [1.82, 2.24) is 0 Å². The van der Waals surface area contributed by atoms with Gasteiger partial charge in [0.15, 0.2) is 0 Å². The molecule has 0 spiro atoms. The van der Waals surface area contributed by atoms with Gasteiger partial charge in [0.25, 0.3) is 6.43 Å². The maximum Gasteiger partial charge on any atom is 0.266 e. The summed E-state index contributed by atoms with van der Waals surface area (Å²) in [5.41, 5.74) is 0.442. The average molecular weight is 421 g/mol. The van der Waals surface area contributed by atoms with E-state index in [0.717, 1.165) is 37.5 Å². The molecule has 3 rings (SSSR count). The van der Waals surface area contributed by atoms with Gasteiger partial charge in [-0.25, -0.2) is 13.2 Å². The lowest BCUT2D eigenvalue weighted by Gasteiger charge is -2.29. The van der Waals surface area contributed by atoms with E-state index in [-0.39, 0.29) is 5.92 Å². The Labute approximate surface area is 181 Å². The number of hydrogen-bond acceptors (Lipinski definition) is 0. The molecular formula is C27H39F3. The molecule has 1 aromatic rings. The van der Waals surface area contributed by atoms with Gasteiger partial charge in [0.1, 0.15) is 5.82 Å². The lowest BCUT2D eigenvalue weighted by atomic mass is 9.77. The zero-order valence-corrected chi connectivity index (χ0v) is 18.8. The van der Waals surface area contributed by atoms with Gasteiger partial charge in [-0.15, -0.1) is 0 Å². The second-order valence-electron chi connectivity index (χ2n) is 9.79. The number of alkyl halides is 2. The molecule has 1 aromatic carbocycles. The van der Waals surface area contributed by atoms with Crippen molar-refractivity contribution in [2.45, 2.75) is 103 Å². The molecule has 0 aliphatic heterocycles. The first kappa shape index (κ1) is 23.4. The molecule has 2 saturated carbocycles. The van der Waals surface area contributed by atoms with Crippen LogP contribution < -0.4 is 0 Å². The summed E-state index contributed by atoms with van der Waals surface area (Å²) in [5.74, 6) is 1.85. The summed E-state index contributed by atoms with van der Waals surface area (Å²) in [4.78, 5) is 0. The Morgan fingerprint density at radius 2 is 1.57 bits per heavy atom. The number of benzene rings is 1.